The van der Waals surface area contributed by atoms with E-state index in [9.17, 15) is 4.79 Å². The number of primary amides is 1. The SMILES string of the molecule is C=C(C(N)=O)c1ccc(-c2ccccc2)c(Cl)c1. The van der Waals surface area contributed by atoms with Crippen molar-refractivity contribution < 1.29 is 4.79 Å². The average Bonchev–Trinajstić information content (AvgIpc) is 2.38. The van der Waals surface area contributed by atoms with Crippen molar-refractivity contribution >= 4 is 23.1 Å². The van der Waals surface area contributed by atoms with Gasteiger partial charge in [0, 0.05) is 16.2 Å². The second kappa shape index (κ2) is 5.07. The van der Waals surface area contributed by atoms with Gasteiger partial charge in [-0.3, -0.25) is 4.79 Å². The molecule has 0 saturated carbocycles. The van der Waals surface area contributed by atoms with Crippen molar-refractivity contribution in [3.63, 3.8) is 0 Å². The first kappa shape index (κ1) is 12.4. The van der Waals surface area contributed by atoms with Gasteiger partial charge in [0.2, 0.25) is 5.91 Å². The lowest BCUT2D eigenvalue weighted by Crippen LogP contribution is -2.11. The fraction of sp³-hybridized carbons (Fsp3) is 0. The monoisotopic (exact) mass is 257 g/mol. The number of carbonyl (C=O) groups excluding carboxylic acids is 1. The van der Waals surface area contributed by atoms with E-state index in [0.717, 1.165) is 11.1 Å². The Morgan fingerprint density at radius 3 is 2.33 bits per heavy atom. The first-order valence-electron chi connectivity index (χ1n) is 5.43. The molecule has 3 heteroatoms. The maximum atomic E-state index is 11.0. The van der Waals surface area contributed by atoms with Crippen molar-refractivity contribution in [2.24, 2.45) is 5.73 Å². The maximum absolute atomic E-state index is 11.0. The third-order valence-electron chi connectivity index (χ3n) is 2.70. The first-order chi connectivity index (χ1) is 8.59. The van der Waals surface area contributed by atoms with Gasteiger partial charge < -0.3 is 5.73 Å². The van der Waals surface area contributed by atoms with Crippen LogP contribution < -0.4 is 5.73 Å². The topological polar surface area (TPSA) is 43.1 Å². The van der Waals surface area contributed by atoms with Crippen LogP contribution in [0.2, 0.25) is 5.02 Å². The molecule has 90 valence electrons. The zero-order valence-electron chi connectivity index (χ0n) is 9.69. The smallest absolute Gasteiger partial charge is 0.248 e. The highest BCUT2D eigenvalue weighted by Gasteiger charge is 2.09. The van der Waals surface area contributed by atoms with Gasteiger partial charge in [-0.2, -0.15) is 0 Å². The molecule has 2 aromatic rings. The van der Waals surface area contributed by atoms with Gasteiger partial charge in [0.1, 0.15) is 0 Å². The molecule has 0 spiro atoms. The third kappa shape index (κ3) is 2.44. The number of carbonyl (C=O) groups is 1. The van der Waals surface area contributed by atoms with Crippen molar-refractivity contribution in [2.75, 3.05) is 0 Å². The summed E-state index contributed by atoms with van der Waals surface area (Å²) in [6, 6.07) is 15.2. The Kier molecular flexibility index (Phi) is 3.49. The van der Waals surface area contributed by atoms with Gasteiger partial charge in [-0.25, -0.2) is 0 Å². The van der Waals surface area contributed by atoms with Gasteiger partial charge in [0.25, 0.3) is 0 Å². The molecule has 0 radical (unpaired) electrons. The molecule has 1 amide bonds. The second-order valence-corrected chi connectivity index (χ2v) is 4.31. The van der Waals surface area contributed by atoms with Gasteiger partial charge in [-0.05, 0) is 17.2 Å². The predicted molar refractivity (Wildman–Crippen MR) is 75.1 cm³/mol. The second-order valence-electron chi connectivity index (χ2n) is 3.90. The molecule has 0 aliphatic heterocycles. The van der Waals surface area contributed by atoms with E-state index in [0.29, 0.717) is 10.6 Å². The van der Waals surface area contributed by atoms with E-state index in [1.807, 2.05) is 36.4 Å². The van der Waals surface area contributed by atoms with Crippen molar-refractivity contribution in [3.8, 4) is 11.1 Å². The van der Waals surface area contributed by atoms with Gasteiger partial charge in [0.15, 0.2) is 0 Å². The van der Waals surface area contributed by atoms with Crippen molar-refractivity contribution in [1.82, 2.24) is 0 Å². The van der Waals surface area contributed by atoms with Crippen molar-refractivity contribution in [2.45, 2.75) is 0 Å². The van der Waals surface area contributed by atoms with Crippen LogP contribution in [0.3, 0.4) is 0 Å². The number of amides is 1. The lowest BCUT2D eigenvalue weighted by Gasteiger charge is -2.07. The van der Waals surface area contributed by atoms with E-state index < -0.39 is 5.91 Å². The Balaban J connectivity index is 2.43. The van der Waals surface area contributed by atoms with Crippen LogP contribution in [-0.4, -0.2) is 5.91 Å². The highest BCUT2D eigenvalue weighted by atomic mass is 35.5. The summed E-state index contributed by atoms with van der Waals surface area (Å²) in [5, 5.41) is 0.570. The Morgan fingerprint density at radius 1 is 1.11 bits per heavy atom. The molecule has 0 heterocycles. The van der Waals surface area contributed by atoms with E-state index >= 15 is 0 Å². The van der Waals surface area contributed by atoms with Crippen molar-refractivity contribution in [1.29, 1.82) is 0 Å². The van der Waals surface area contributed by atoms with Gasteiger partial charge in [-0.1, -0.05) is 60.6 Å². The first-order valence-corrected chi connectivity index (χ1v) is 5.81. The van der Waals surface area contributed by atoms with Gasteiger partial charge in [-0.15, -0.1) is 0 Å². The van der Waals surface area contributed by atoms with E-state index in [4.69, 9.17) is 17.3 Å². The molecule has 0 aromatic heterocycles. The molecule has 0 atom stereocenters. The minimum Gasteiger partial charge on any atom is -0.366 e. The molecular weight excluding hydrogens is 246 g/mol. The summed E-state index contributed by atoms with van der Waals surface area (Å²) >= 11 is 6.22. The Hall–Kier alpha value is -2.06. The van der Waals surface area contributed by atoms with Crippen LogP contribution in [-0.2, 0) is 4.79 Å². The summed E-state index contributed by atoms with van der Waals surface area (Å²) < 4.78 is 0. The Labute approximate surface area is 111 Å². The van der Waals surface area contributed by atoms with Crippen LogP contribution in [0.25, 0.3) is 16.7 Å². The third-order valence-corrected chi connectivity index (χ3v) is 3.01. The predicted octanol–water partition coefficient (Wildman–Crippen LogP) is 3.51. The molecule has 2 rings (SSSR count). The number of nitrogens with two attached hydrogens (primary N) is 1. The summed E-state index contributed by atoms with van der Waals surface area (Å²) in [6.07, 6.45) is 0. The average molecular weight is 258 g/mol. The van der Waals surface area contributed by atoms with Crippen LogP contribution in [0.5, 0.6) is 0 Å². The number of hydrogen-bond donors (Lipinski definition) is 1. The molecular formula is C15H12ClNO. The summed E-state index contributed by atoms with van der Waals surface area (Å²) in [6.45, 7) is 3.63. The number of benzene rings is 2. The Morgan fingerprint density at radius 2 is 1.78 bits per heavy atom. The van der Waals surface area contributed by atoms with E-state index in [-0.39, 0.29) is 5.57 Å². The quantitative estimate of drug-likeness (QED) is 0.840. The molecule has 2 N–H and O–H groups in total. The van der Waals surface area contributed by atoms with Gasteiger partial charge in [0.05, 0.1) is 0 Å². The minimum absolute atomic E-state index is 0.261. The van der Waals surface area contributed by atoms with Crippen LogP contribution in [0.15, 0.2) is 55.1 Å². The molecule has 0 saturated heterocycles. The molecule has 2 aromatic carbocycles. The molecule has 0 aliphatic rings. The van der Waals surface area contributed by atoms with Crippen LogP contribution >= 0.6 is 11.6 Å². The largest absolute Gasteiger partial charge is 0.366 e. The van der Waals surface area contributed by atoms with Crippen LogP contribution in [0, 0.1) is 0 Å². The highest BCUT2D eigenvalue weighted by molar-refractivity contribution is 6.33. The van der Waals surface area contributed by atoms with Crippen LogP contribution in [0.1, 0.15) is 5.56 Å². The molecule has 0 unspecified atom stereocenters. The minimum atomic E-state index is -0.543. The number of halogens is 1. The van der Waals surface area contributed by atoms with E-state index in [1.54, 1.807) is 12.1 Å². The summed E-state index contributed by atoms with van der Waals surface area (Å²) in [5.41, 5.74) is 8.03. The zero-order valence-corrected chi connectivity index (χ0v) is 10.4. The normalized spacial score (nSPS) is 10.1. The van der Waals surface area contributed by atoms with E-state index in [2.05, 4.69) is 6.58 Å². The molecule has 18 heavy (non-hydrogen) atoms. The summed E-state index contributed by atoms with van der Waals surface area (Å²) in [7, 11) is 0. The number of rotatable bonds is 3. The fourth-order valence-corrected chi connectivity index (χ4v) is 1.99. The zero-order chi connectivity index (χ0) is 13.1. The lowest BCUT2D eigenvalue weighted by atomic mass is 10.0. The fourth-order valence-electron chi connectivity index (χ4n) is 1.70. The lowest BCUT2D eigenvalue weighted by molar-refractivity contribution is -0.112. The molecule has 0 fully saturated rings. The summed E-state index contributed by atoms with van der Waals surface area (Å²) in [5.74, 6) is -0.543. The van der Waals surface area contributed by atoms with Crippen LogP contribution in [0.4, 0.5) is 0 Å². The molecule has 2 nitrogen and oxygen atoms in total. The maximum Gasteiger partial charge on any atom is 0.248 e. The molecule has 0 aliphatic carbocycles. The Bertz CT molecular complexity index is 605. The molecule has 0 bridgehead atoms. The van der Waals surface area contributed by atoms with E-state index in [1.165, 1.54) is 0 Å². The summed E-state index contributed by atoms with van der Waals surface area (Å²) in [4.78, 5) is 11.0. The van der Waals surface area contributed by atoms with Gasteiger partial charge >= 0.3 is 0 Å². The van der Waals surface area contributed by atoms with Crippen molar-refractivity contribution in [3.05, 3.63) is 65.7 Å². The number of hydrogen-bond acceptors (Lipinski definition) is 1. The standard InChI is InChI=1S/C15H12ClNO/c1-10(15(17)18)12-7-8-13(14(16)9-12)11-5-3-2-4-6-11/h2-9H,1H2,(H2,17,18). The highest BCUT2D eigenvalue weighted by Crippen LogP contribution is 2.30.